The van der Waals surface area contributed by atoms with Gasteiger partial charge in [0.2, 0.25) is 0 Å². The number of aromatic nitrogens is 3. The van der Waals surface area contributed by atoms with Crippen LogP contribution in [0.4, 0.5) is 0 Å². The summed E-state index contributed by atoms with van der Waals surface area (Å²) in [5, 5.41) is 10.8. The van der Waals surface area contributed by atoms with Crippen molar-refractivity contribution in [2.75, 3.05) is 19.6 Å². The highest BCUT2D eigenvalue weighted by Gasteiger charge is 2.12. The van der Waals surface area contributed by atoms with E-state index in [0.29, 0.717) is 0 Å². The predicted molar refractivity (Wildman–Crippen MR) is 66.1 cm³/mol. The van der Waals surface area contributed by atoms with Crippen LogP contribution in [-0.2, 0) is 6.42 Å². The van der Waals surface area contributed by atoms with Gasteiger partial charge in [-0.2, -0.15) is 5.10 Å². The second kappa shape index (κ2) is 5.79. The number of thiocarbonyl (C=S) groups is 1. The minimum absolute atomic E-state index is 0.810. The van der Waals surface area contributed by atoms with Gasteiger partial charge in [-0.05, 0) is 31.5 Å². The van der Waals surface area contributed by atoms with E-state index in [1.165, 1.54) is 25.6 Å². The first-order valence-corrected chi connectivity index (χ1v) is 6.14. The average molecular weight is 239 g/mol. The fourth-order valence-corrected chi connectivity index (χ4v) is 2.13. The smallest absolute Gasteiger partial charge is 0.168 e. The lowest BCUT2D eigenvalue weighted by molar-refractivity contribution is 0.338. The van der Waals surface area contributed by atoms with Crippen LogP contribution in [0, 0.1) is 0 Å². The summed E-state index contributed by atoms with van der Waals surface area (Å²) in [5.74, 6) is 0.897. The van der Waals surface area contributed by atoms with Gasteiger partial charge in [-0.15, -0.1) is 0 Å². The Hall–Kier alpha value is -1.17. The van der Waals surface area contributed by atoms with Crippen LogP contribution in [0.15, 0.2) is 6.33 Å². The third kappa shape index (κ3) is 3.16. The summed E-state index contributed by atoms with van der Waals surface area (Å²) >= 11 is 5.34. The lowest BCUT2D eigenvalue weighted by Crippen LogP contribution is -2.43. The molecule has 0 bridgehead atoms. The predicted octanol–water partition coefficient (Wildman–Crippen LogP) is 0.708. The summed E-state index contributed by atoms with van der Waals surface area (Å²) in [5.41, 5.74) is 0. The number of aromatic amines is 1. The first-order chi connectivity index (χ1) is 7.86. The Balaban J connectivity index is 1.67. The molecule has 1 aliphatic heterocycles. The number of likely N-dealkylation sites (tertiary alicyclic amines) is 1. The molecule has 1 aromatic rings. The largest absolute Gasteiger partial charge is 0.362 e. The monoisotopic (exact) mass is 239 g/mol. The molecule has 1 saturated heterocycles. The van der Waals surface area contributed by atoms with Crippen molar-refractivity contribution >= 4 is 17.3 Å². The standard InChI is InChI=1S/C10H17N5S/c16-10(15-6-2-1-3-7-15)11-5-4-9-12-8-13-14-9/h8H,1-7H2,(H,11,16)(H,12,13,14). The maximum Gasteiger partial charge on any atom is 0.168 e. The Morgan fingerprint density at radius 1 is 1.44 bits per heavy atom. The zero-order valence-electron chi connectivity index (χ0n) is 9.28. The molecule has 0 saturated carbocycles. The molecule has 2 rings (SSSR count). The number of H-pyrrole nitrogens is 1. The quantitative estimate of drug-likeness (QED) is 0.761. The minimum Gasteiger partial charge on any atom is -0.362 e. The van der Waals surface area contributed by atoms with Crippen LogP contribution in [0.3, 0.4) is 0 Å². The van der Waals surface area contributed by atoms with Crippen LogP contribution in [0.25, 0.3) is 0 Å². The highest BCUT2D eigenvalue weighted by molar-refractivity contribution is 7.80. The first kappa shape index (κ1) is 11.3. The van der Waals surface area contributed by atoms with E-state index in [2.05, 4.69) is 25.4 Å². The molecule has 0 aromatic carbocycles. The molecule has 88 valence electrons. The third-order valence-corrected chi connectivity index (χ3v) is 3.15. The average Bonchev–Trinajstić information content (AvgIpc) is 2.83. The summed E-state index contributed by atoms with van der Waals surface area (Å²) in [7, 11) is 0. The van der Waals surface area contributed by atoms with Gasteiger partial charge in [0.25, 0.3) is 0 Å². The number of hydrogen-bond acceptors (Lipinski definition) is 3. The molecule has 0 spiro atoms. The van der Waals surface area contributed by atoms with Gasteiger partial charge in [0.05, 0.1) is 0 Å². The van der Waals surface area contributed by atoms with Crippen LogP contribution >= 0.6 is 12.2 Å². The molecule has 0 unspecified atom stereocenters. The SMILES string of the molecule is S=C(NCCc1ncn[nH]1)N1CCCCC1. The fraction of sp³-hybridized carbons (Fsp3) is 0.700. The summed E-state index contributed by atoms with van der Waals surface area (Å²) in [6.07, 6.45) is 6.19. The molecule has 1 aromatic heterocycles. The number of hydrogen-bond donors (Lipinski definition) is 2. The van der Waals surface area contributed by atoms with E-state index >= 15 is 0 Å². The molecule has 1 aliphatic rings. The minimum atomic E-state index is 0.810. The summed E-state index contributed by atoms with van der Waals surface area (Å²) in [6, 6.07) is 0. The van der Waals surface area contributed by atoms with E-state index in [1.54, 1.807) is 0 Å². The Kier molecular flexibility index (Phi) is 4.10. The molecule has 0 atom stereocenters. The van der Waals surface area contributed by atoms with Crippen LogP contribution in [0.5, 0.6) is 0 Å². The van der Waals surface area contributed by atoms with Crippen molar-refractivity contribution in [1.82, 2.24) is 25.4 Å². The highest BCUT2D eigenvalue weighted by atomic mass is 32.1. The van der Waals surface area contributed by atoms with Crippen molar-refractivity contribution in [3.63, 3.8) is 0 Å². The van der Waals surface area contributed by atoms with E-state index in [4.69, 9.17) is 12.2 Å². The van der Waals surface area contributed by atoms with Crippen molar-refractivity contribution in [2.45, 2.75) is 25.7 Å². The Morgan fingerprint density at radius 3 is 2.94 bits per heavy atom. The van der Waals surface area contributed by atoms with Crippen molar-refractivity contribution in [2.24, 2.45) is 0 Å². The zero-order valence-corrected chi connectivity index (χ0v) is 10.1. The Labute approximate surface area is 101 Å². The summed E-state index contributed by atoms with van der Waals surface area (Å²) in [6.45, 7) is 2.99. The van der Waals surface area contributed by atoms with Gasteiger partial charge < -0.3 is 10.2 Å². The second-order valence-electron chi connectivity index (χ2n) is 3.96. The molecule has 0 amide bonds. The summed E-state index contributed by atoms with van der Waals surface area (Å²) < 4.78 is 0. The van der Waals surface area contributed by atoms with Gasteiger partial charge in [0.1, 0.15) is 12.2 Å². The molecule has 0 radical (unpaired) electrons. The number of piperidine rings is 1. The molecule has 2 N–H and O–H groups in total. The van der Waals surface area contributed by atoms with Crippen molar-refractivity contribution in [3.8, 4) is 0 Å². The van der Waals surface area contributed by atoms with Crippen molar-refractivity contribution in [3.05, 3.63) is 12.2 Å². The molecule has 1 fully saturated rings. The Bertz CT molecular complexity index is 318. The van der Waals surface area contributed by atoms with Crippen LogP contribution < -0.4 is 5.32 Å². The zero-order chi connectivity index (χ0) is 11.2. The van der Waals surface area contributed by atoms with Gasteiger partial charge in [-0.25, -0.2) is 4.98 Å². The summed E-state index contributed by atoms with van der Waals surface area (Å²) in [4.78, 5) is 6.31. The maximum absolute atomic E-state index is 5.34. The van der Waals surface area contributed by atoms with E-state index in [1.807, 2.05) is 0 Å². The molecule has 2 heterocycles. The van der Waals surface area contributed by atoms with Crippen molar-refractivity contribution in [1.29, 1.82) is 0 Å². The van der Waals surface area contributed by atoms with Gasteiger partial charge in [0.15, 0.2) is 5.11 Å². The first-order valence-electron chi connectivity index (χ1n) is 5.73. The molecule has 0 aliphatic carbocycles. The lowest BCUT2D eigenvalue weighted by Gasteiger charge is -2.29. The molecule has 16 heavy (non-hydrogen) atoms. The van der Waals surface area contributed by atoms with Gasteiger partial charge >= 0.3 is 0 Å². The van der Waals surface area contributed by atoms with E-state index in [9.17, 15) is 0 Å². The number of nitrogens with one attached hydrogen (secondary N) is 2. The normalized spacial score (nSPS) is 16.1. The van der Waals surface area contributed by atoms with Gasteiger partial charge in [-0.3, -0.25) is 5.10 Å². The van der Waals surface area contributed by atoms with Crippen molar-refractivity contribution < 1.29 is 0 Å². The molecule has 6 heteroatoms. The highest BCUT2D eigenvalue weighted by Crippen LogP contribution is 2.08. The maximum atomic E-state index is 5.34. The van der Waals surface area contributed by atoms with Crippen LogP contribution in [0.2, 0.25) is 0 Å². The van der Waals surface area contributed by atoms with Gasteiger partial charge in [0, 0.05) is 26.1 Å². The topological polar surface area (TPSA) is 56.8 Å². The van der Waals surface area contributed by atoms with Gasteiger partial charge in [-0.1, -0.05) is 0 Å². The van der Waals surface area contributed by atoms with Crippen LogP contribution in [-0.4, -0.2) is 44.8 Å². The van der Waals surface area contributed by atoms with E-state index in [0.717, 1.165) is 37.0 Å². The molecule has 5 nitrogen and oxygen atoms in total. The van der Waals surface area contributed by atoms with Crippen LogP contribution in [0.1, 0.15) is 25.1 Å². The third-order valence-electron chi connectivity index (χ3n) is 2.75. The molecular formula is C10H17N5S. The number of nitrogens with zero attached hydrogens (tertiary/aromatic N) is 3. The van der Waals surface area contributed by atoms with E-state index < -0.39 is 0 Å². The fourth-order valence-electron chi connectivity index (χ4n) is 1.85. The lowest BCUT2D eigenvalue weighted by atomic mass is 10.1. The molecular weight excluding hydrogens is 222 g/mol. The Morgan fingerprint density at radius 2 is 2.25 bits per heavy atom. The second-order valence-corrected chi connectivity index (χ2v) is 4.35. The van der Waals surface area contributed by atoms with E-state index in [-0.39, 0.29) is 0 Å². The number of rotatable bonds is 3.